The van der Waals surface area contributed by atoms with Crippen LogP contribution in [0.25, 0.3) is 0 Å². The summed E-state index contributed by atoms with van der Waals surface area (Å²) in [7, 11) is 0.205. The number of hydrogen-bond donors (Lipinski definition) is 0. The van der Waals surface area contributed by atoms with Crippen LogP contribution in [-0.2, 0) is 0 Å². The van der Waals surface area contributed by atoms with Crippen LogP contribution in [0.1, 0.15) is 34.0 Å². The minimum Gasteiger partial charge on any atom is -1.00 e. The first-order chi connectivity index (χ1) is 8.99. The fourth-order valence-electron chi connectivity index (χ4n) is 2.31. The first-order valence-electron chi connectivity index (χ1n) is 6.44. The Morgan fingerprint density at radius 1 is 0.950 bits per heavy atom. The van der Waals surface area contributed by atoms with Gasteiger partial charge in [-0.15, -0.1) is 0 Å². The summed E-state index contributed by atoms with van der Waals surface area (Å²) < 4.78 is 0. The van der Waals surface area contributed by atoms with Crippen molar-refractivity contribution in [3.63, 3.8) is 0 Å². The van der Waals surface area contributed by atoms with Crippen molar-refractivity contribution < 1.29 is 25.1 Å². The summed E-state index contributed by atoms with van der Waals surface area (Å²) in [5.41, 5.74) is 5.72. The zero-order valence-electron chi connectivity index (χ0n) is 13.9. The van der Waals surface area contributed by atoms with Gasteiger partial charge in [0.1, 0.15) is 0 Å². The minimum atomic E-state index is 0. The first-order valence-corrected chi connectivity index (χ1v) is 7.44. The Balaban J connectivity index is 0.00000200. The third-order valence-corrected chi connectivity index (χ3v) is 4.65. The fraction of sp³-hybridized carbons (Fsp3) is 0.235. The van der Waals surface area contributed by atoms with Crippen molar-refractivity contribution in [1.82, 2.24) is 0 Å². The number of benzene rings is 2. The van der Waals surface area contributed by atoms with E-state index in [1.54, 1.807) is 0 Å². The van der Waals surface area contributed by atoms with Gasteiger partial charge < -0.3 is 1.43 Å². The number of rotatable bonds is 3. The van der Waals surface area contributed by atoms with Crippen LogP contribution in [-0.4, -0.2) is 5.52 Å². The first kappa shape index (κ1) is 17.2. The third kappa shape index (κ3) is 3.83. The maximum Gasteiger partial charge on any atom is 1.00 e. The molecule has 1 atom stereocenters. The van der Waals surface area contributed by atoms with E-state index in [2.05, 4.69) is 32.0 Å². The largest absolute Gasteiger partial charge is 1.00 e. The van der Waals surface area contributed by atoms with Crippen molar-refractivity contribution in [2.24, 2.45) is 0 Å². The molecule has 0 saturated carbocycles. The fourth-order valence-corrected chi connectivity index (χ4v) is 3.51. The molecule has 0 fully saturated rings. The average molecular weight is 278 g/mol. The number of carbonyl (C=O) groups excluding carboxylic acids is 1. The summed E-state index contributed by atoms with van der Waals surface area (Å²) in [6, 6.07) is 12.3. The van der Waals surface area contributed by atoms with Gasteiger partial charge in [0.15, 0.2) is 5.52 Å². The molecule has 0 radical (unpaired) electrons. The molecule has 2 aromatic carbocycles. The van der Waals surface area contributed by atoms with E-state index in [9.17, 15) is 4.79 Å². The smallest absolute Gasteiger partial charge is 1.00 e. The van der Waals surface area contributed by atoms with E-state index in [0.29, 0.717) is 0 Å². The van der Waals surface area contributed by atoms with Crippen molar-refractivity contribution in [3.05, 3.63) is 64.2 Å². The molecule has 0 aliphatic rings. The van der Waals surface area contributed by atoms with Crippen molar-refractivity contribution in [1.29, 1.82) is 0 Å². The maximum absolute atomic E-state index is 12.5. The Morgan fingerprint density at radius 2 is 1.55 bits per heavy atom. The normalized spacial score (nSPS) is 10.6. The number of carbonyl (C=O) groups is 1. The molecule has 0 bridgehead atoms. The molecule has 0 amide bonds. The van der Waals surface area contributed by atoms with E-state index in [1.165, 1.54) is 11.1 Å². The van der Waals surface area contributed by atoms with Crippen LogP contribution in [0, 0.1) is 27.7 Å². The van der Waals surface area contributed by atoms with E-state index >= 15 is 0 Å². The van der Waals surface area contributed by atoms with Crippen LogP contribution in [0.5, 0.6) is 0 Å². The van der Waals surface area contributed by atoms with Crippen LogP contribution >= 0.6 is 8.58 Å². The Labute approximate surface area is 136 Å². The number of hydrogen-bond acceptors (Lipinski definition) is 1. The third-order valence-electron chi connectivity index (χ3n) is 3.34. The molecule has 0 spiro atoms. The van der Waals surface area contributed by atoms with Gasteiger partial charge in [-0.05, 0) is 58.3 Å². The molecule has 2 rings (SSSR count). The predicted molar refractivity (Wildman–Crippen MR) is 85.2 cm³/mol. The van der Waals surface area contributed by atoms with Crippen LogP contribution < -0.4 is 24.2 Å². The standard InChI is InChI=1S/C17H19OP.Li.H/c1-11-8-9-15(14(4)10-11)19-17(18)16-12(2)6-5-7-13(16)3;;/h5-10,19H,1-4H3;;/q;+1;-1. The van der Waals surface area contributed by atoms with Gasteiger partial charge in [0.05, 0.1) is 0 Å². The summed E-state index contributed by atoms with van der Waals surface area (Å²) in [5, 5.41) is 1.15. The zero-order chi connectivity index (χ0) is 14.0. The van der Waals surface area contributed by atoms with E-state index in [4.69, 9.17) is 0 Å². The van der Waals surface area contributed by atoms with Gasteiger partial charge in [0, 0.05) is 5.56 Å². The topological polar surface area (TPSA) is 17.1 Å². The van der Waals surface area contributed by atoms with Crippen LogP contribution in [0.2, 0.25) is 0 Å². The second-order valence-corrected chi connectivity index (χ2v) is 6.28. The van der Waals surface area contributed by atoms with Gasteiger partial charge in [-0.25, -0.2) is 0 Å². The molecule has 3 heteroatoms. The van der Waals surface area contributed by atoms with E-state index < -0.39 is 0 Å². The van der Waals surface area contributed by atoms with Gasteiger partial charge in [-0.3, -0.25) is 4.79 Å². The zero-order valence-corrected chi connectivity index (χ0v) is 13.9. The van der Waals surface area contributed by atoms with Gasteiger partial charge in [-0.2, -0.15) is 0 Å². The van der Waals surface area contributed by atoms with E-state index in [1.807, 2.05) is 32.0 Å². The number of aryl methyl sites for hydroxylation is 4. The summed E-state index contributed by atoms with van der Waals surface area (Å²) in [6.45, 7) is 8.17. The van der Waals surface area contributed by atoms with Crippen LogP contribution in [0.3, 0.4) is 0 Å². The minimum absolute atomic E-state index is 0. The molecule has 0 aliphatic heterocycles. The molecular weight excluding hydrogens is 258 g/mol. The summed E-state index contributed by atoms with van der Waals surface area (Å²) in [6.07, 6.45) is 0. The Morgan fingerprint density at radius 3 is 2.10 bits per heavy atom. The van der Waals surface area contributed by atoms with Crippen molar-refractivity contribution in [2.45, 2.75) is 27.7 Å². The molecule has 0 aliphatic carbocycles. The summed E-state index contributed by atoms with van der Waals surface area (Å²) >= 11 is 0. The average Bonchev–Trinajstić information content (AvgIpc) is 2.32. The summed E-state index contributed by atoms with van der Waals surface area (Å²) in [4.78, 5) is 12.5. The molecule has 1 nitrogen and oxygen atoms in total. The SMILES string of the molecule is Cc1ccc(PC(=O)c2c(C)cccc2C)c(C)c1.[H-].[Li+]. The molecule has 0 N–H and O–H groups in total. The molecule has 0 heterocycles. The Bertz CT molecular complexity index is 620. The quantitative estimate of drug-likeness (QED) is 0.609. The van der Waals surface area contributed by atoms with Crippen molar-refractivity contribution in [3.8, 4) is 0 Å². The molecule has 20 heavy (non-hydrogen) atoms. The molecule has 0 saturated heterocycles. The molecular formula is C17H20LiOP. The second kappa shape index (κ2) is 7.23. The maximum atomic E-state index is 12.5. The predicted octanol–water partition coefficient (Wildman–Crippen LogP) is 1.18. The van der Waals surface area contributed by atoms with Crippen molar-refractivity contribution in [2.75, 3.05) is 0 Å². The molecule has 0 aromatic heterocycles. The molecule has 1 unspecified atom stereocenters. The van der Waals surface area contributed by atoms with E-state index in [-0.39, 0.29) is 34.4 Å². The van der Waals surface area contributed by atoms with Gasteiger partial charge >= 0.3 is 18.9 Å². The van der Waals surface area contributed by atoms with Gasteiger partial charge in [-0.1, -0.05) is 42.0 Å². The van der Waals surface area contributed by atoms with Gasteiger partial charge in [0.25, 0.3) is 0 Å². The van der Waals surface area contributed by atoms with Crippen LogP contribution in [0.15, 0.2) is 36.4 Å². The van der Waals surface area contributed by atoms with Crippen LogP contribution in [0.4, 0.5) is 0 Å². The molecule has 2 aromatic rings. The van der Waals surface area contributed by atoms with E-state index in [0.717, 1.165) is 22.0 Å². The van der Waals surface area contributed by atoms with Crippen molar-refractivity contribution >= 4 is 19.4 Å². The Kier molecular flexibility index (Phi) is 6.22. The summed E-state index contributed by atoms with van der Waals surface area (Å²) in [5.74, 6) is 0. The monoisotopic (exact) mass is 278 g/mol. The van der Waals surface area contributed by atoms with Gasteiger partial charge in [0.2, 0.25) is 0 Å². The Hall–Kier alpha value is -0.863. The molecule has 100 valence electrons. The second-order valence-electron chi connectivity index (χ2n) is 5.04.